The van der Waals surface area contributed by atoms with Crippen molar-refractivity contribution in [1.29, 1.82) is 0 Å². The summed E-state index contributed by atoms with van der Waals surface area (Å²) >= 11 is 1.67. The number of nitrogens with one attached hydrogen (secondary N) is 1. The highest BCUT2D eigenvalue weighted by Crippen LogP contribution is 2.39. The van der Waals surface area contributed by atoms with Crippen molar-refractivity contribution in [3.05, 3.63) is 66.0 Å². The Kier molecular flexibility index (Phi) is 3.93. The molecule has 1 aliphatic heterocycles. The number of thioether (sulfide) groups is 1. The van der Waals surface area contributed by atoms with Gasteiger partial charge in [0.1, 0.15) is 0 Å². The summed E-state index contributed by atoms with van der Waals surface area (Å²) in [6, 6.07) is 14.1. The number of amides is 2. The summed E-state index contributed by atoms with van der Waals surface area (Å²) in [5.41, 5.74) is 4.48. The number of fused-ring (bicyclic) bond motifs is 2. The zero-order valence-corrected chi connectivity index (χ0v) is 17.1. The number of aromatic nitrogens is 2. The Balaban J connectivity index is 1.84. The molecule has 0 radical (unpaired) electrons. The van der Waals surface area contributed by atoms with Gasteiger partial charge in [-0.15, -0.1) is 11.8 Å². The Morgan fingerprint density at radius 3 is 2.03 bits per heavy atom. The number of hydrogen-bond acceptors (Lipinski definition) is 3. The van der Waals surface area contributed by atoms with Crippen molar-refractivity contribution in [2.75, 3.05) is 6.26 Å². The fraction of sp³-hybridized carbons (Fsp3) is 0.130. The Morgan fingerprint density at radius 1 is 0.793 bits per heavy atom. The van der Waals surface area contributed by atoms with E-state index >= 15 is 0 Å². The van der Waals surface area contributed by atoms with Crippen LogP contribution in [-0.2, 0) is 23.7 Å². The van der Waals surface area contributed by atoms with Gasteiger partial charge < -0.3 is 9.13 Å². The number of carbonyl (C=O) groups is 2. The van der Waals surface area contributed by atoms with Crippen molar-refractivity contribution >= 4 is 56.5 Å². The number of benzene rings is 2. The summed E-state index contributed by atoms with van der Waals surface area (Å²) in [4.78, 5) is 26.9. The summed E-state index contributed by atoms with van der Waals surface area (Å²) in [6.07, 6.45) is 5.90. The van der Waals surface area contributed by atoms with Gasteiger partial charge in [-0.25, -0.2) is 0 Å². The molecule has 0 fully saturated rings. The van der Waals surface area contributed by atoms with Crippen molar-refractivity contribution in [2.24, 2.45) is 14.1 Å². The first-order chi connectivity index (χ1) is 14.0. The monoisotopic (exact) mass is 401 g/mol. The molecule has 0 unspecified atom stereocenters. The quantitative estimate of drug-likeness (QED) is 0.418. The Hall–Kier alpha value is -3.25. The summed E-state index contributed by atoms with van der Waals surface area (Å²) in [5, 5.41) is 4.43. The molecule has 29 heavy (non-hydrogen) atoms. The van der Waals surface area contributed by atoms with Gasteiger partial charge in [0.15, 0.2) is 0 Å². The normalized spacial score (nSPS) is 14.4. The topological polar surface area (TPSA) is 56.0 Å². The molecule has 0 atom stereocenters. The lowest BCUT2D eigenvalue weighted by Gasteiger charge is -2.03. The molecule has 0 saturated carbocycles. The number of para-hydroxylation sites is 1. The number of carbonyl (C=O) groups excluding carboxylic acids is 2. The number of nitrogens with zero attached hydrogens (tertiary/aromatic N) is 2. The number of rotatable bonds is 3. The van der Waals surface area contributed by atoms with Crippen LogP contribution in [0.25, 0.3) is 33.0 Å². The fourth-order valence-corrected chi connectivity index (χ4v) is 4.63. The van der Waals surface area contributed by atoms with Gasteiger partial charge in [0.25, 0.3) is 11.8 Å². The number of imide groups is 1. The Morgan fingerprint density at radius 2 is 1.38 bits per heavy atom. The van der Waals surface area contributed by atoms with Gasteiger partial charge in [0.05, 0.1) is 11.1 Å². The lowest BCUT2D eigenvalue weighted by Crippen LogP contribution is -2.22. The molecule has 1 aliphatic rings. The molecule has 2 aromatic heterocycles. The van der Waals surface area contributed by atoms with Crippen LogP contribution < -0.4 is 5.32 Å². The van der Waals surface area contributed by atoms with Gasteiger partial charge in [-0.2, -0.15) is 0 Å². The molecule has 2 amide bonds. The highest BCUT2D eigenvalue weighted by atomic mass is 32.2. The molecule has 5 nitrogen and oxygen atoms in total. The van der Waals surface area contributed by atoms with E-state index in [0.717, 1.165) is 37.8 Å². The third-order valence-corrected chi connectivity index (χ3v) is 6.29. The predicted octanol–water partition coefficient (Wildman–Crippen LogP) is 3.96. The van der Waals surface area contributed by atoms with Crippen LogP contribution in [-0.4, -0.2) is 27.2 Å². The van der Waals surface area contributed by atoms with Gasteiger partial charge in [0.2, 0.25) is 0 Å². The molecule has 0 spiro atoms. The molecule has 5 rings (SSSR count). The SMILES string of the molecule is CSc1ccc2c(C3=C(c4cn(C)c5ccccc45)C(=O)NC3=O)cn(C)c2c1. The molecule has 0 saturated heterocycles. The maximum Gasteiger partial charge on any atom is 0.259 e. The molecule has 0 bridgehead atoms. The molecule has 3 heterocycles. The van der Waals surface area contributed by atoms with Crippen molar-refractivity contribution < 1.29 is 9.59 Å². The zero-order chi connectivity index (χ0) is 20.3. The number of aryl methyl sites for hydroxylation is 2. The van der Waals surface area contributed by atoms with E-state index in [-0.39, 0.29) is 11.8 Å². The van der Waals surface area contributed by atoms with Crippen LogP contribution in [0.1, 0.15) is 11.1 Å². The van der Waals surface area contributed by atoms with Gasteiger partial charge >= 0.3 is 0 Å². The van der Waals surface area contributed by atoms with E-state index in [0.29, 0.717) is 11.1 Å². The molecular weight excluding hydrogens is 382 g/mol. The second-order valence-corrected chi connectivity index (χ2v) is 8.12. The lowest BCUT2D eigenvalue weighted by atomic mass is 9.95. The van der Waals surface area contributed by atoms with Crippen LogP contribution in [0.15, 0.2) is 59.8 Å². The Bertz CT molecular complexity index is 1370. The summed E-state index contributed by atoms with van der Waals surface area (Å²) in [6.45, 7) is 0. The fourth-order valence-electron chi connectivity index (χ4n) is 4.20. The molecule has 6 heteroatoms. The molecule has 1 N–H and O–H groups in total. The van der Waals surface area contributed by atoms with Gasteiger partial charge in [-0.1, -0.05) is 24.3 Å². The highest BCUT2D eigenvalue weighted by Gasteiger charge is 2.35. The standard InChI is InChI=1S/C23H19N3O2S/c1-25-11-16(14-6-4-5-7-18(14)25)20-21(23(28)24-22(20)27)17-12-26(2)19-10-13(29-3)8-9-15(17)19/h4-12H,1-3H3,(H,24,27,28). The predicted molar refractivity (Wildman–Crippen MR) is 118 cm³/mol. The Labute approximate surface area is 172 Å². The summed E-state index contributed by atoms with van der Waals surface area (Å²) in [5.74, 6) is -0.696. The minimum Gasteiger partial charge on any atom is -0.350 e. The first-order valence-corrected chi connectivity index (χ1v) is 10.5. The van der Waals surface area contributed by atoms with Crippen molar-refractivity contribution in [1.82, 2.24) is 14.5 Å². The minimum absolute atomic E-state index is 0.348. The maximum absolute atomic E-state index is 12.9. The van der Waals surface area contributed by atoms with Gasteiger partial charge in [-0.3, -0.25) is 14.9 Å². The van der Waals surface area contributed by atoms with Crippen LogP contribution in [0.2, 0.25) is 0 Å². The molecular formula is C23H19N3O2S. The third-order valence-electron chi connectivity index (χ3n) is 5.56. The lowest BCUT2D eigenvalue weighted by molar-refractivity contribution is -0.122. The second-order valence-electron chi connectivity index (χ2n) is 7.24. The van der Waals surface area contributed by atoms with Crippen molar-refractivity contribution in [3.63, 3.8) is 0 Å². The molecule has 144 valence electrons. The van der Waals surface area contributed by atoms with Crippen LogP contribution in [0, 0.1) is 0 Å². The average molecular weight is 401 g/mol. The van der Waals surface area contributed by atoms with Gasteiger partial charge in [0, 0.05) is 64.3 Å². The van der Waals surface area contributed by atoms with Gasteiger partial charge in [-0.05, 0) is 24.5 Å². The first kappa shape index (κ1) is 17.8. The summed E-state index contributed by atoms with van der Waals surface area (Å²) in [7, 11) is 3.91. The second kappa shape index (κ2) is 6.39. The van der Waals surface area contributed by atoms with Crippen molar-refractivity contribution in [2.45, 2.75) is 4.90 Å². The van der Waals surface area contributed by atoms with E-state index in [1.165, 1.54) is 0 Å². The van der Waals surface area contributed by atoms with E-state index < -0.39 is 0 Å². The van der Waals surface area contributed by atoms with E-state index in [9.17, 15) is 9.59 Å². The smallest absolute Gasteiger partial charge is 0.259 e. The average Bonchev–Trinajstić information content (AvgIpc) is 3.32. The molecule has 4 aromatic rings. The van der Waals surface area contributed by atoms with Crippen molar-refractivity contribution in [3.8, 4) is 0 Å². The van der Waals surface area contributed by atoms with E-state index in [2.05, 4.69) is 11.4 Å². The number of hydrogen-bond donors (Lipinski definition) is 1. The van der Waals surface area contributed by atoms with E-state index in [1.54, 1.807) is 11.8 Å². The summed E-state index contributed by atoms with van der Waals surface area (Å²) < 4.78 is 3.99. The largest absolute Gasteiger partial charge is 0.350 e. The van der Waals surface area contributed by atoms with E-state index in [1.807, 2.05) is 78.3 Å². The first-order valence-electron chi connectivity index (χ1n) is 9.27. The molecule has 0 aliphatic carbocycles. The van der Waals surface area contributed by atoms with E-state index in [4.69, 9.17) is 0 Å². The van der Waals surface area contributed by atoms with Crippen LogP contribution >= 0.6 is 11.8 Å². The minimum atomic E-state index is -0.348. The maximum atomic E-state index is 12.9. The molecule has 2 aromatic carbocycles. The zero-order valence-electron chi connectivity index (χ0n) is 16.3. The van der Waals surface area contributed by atoms with Crippen LogP contribution in [0.3, 0.4) is 0 Å². The highest BCUT2D eigenvalue weighted by molar-refractivity contribution is 7.98. The third kappa shape index (κ3) is 2.56. The van der Waals surface area contributed by atoms with Crippen LogP contribution in [0.4, 0.5) is 0 Å². The van der Waals surface area contributed by atoms with Crippen LogP contribution in [0.5, 0.6) is 0 Å².